The molecule has 0 aliphatic heterocycles. The first kappa shape index (κ1) is 9.83. The van der Waals surface area contributed by atoms with E-state index in [2.05, 4.69) is 0 Å². The number of hydrogen-bond donors (Lipinski definition) is 0. The first-order valence-electron chi connectivity index (χ1n) is 4.80. The van der Waals surface area contributed by atoms with E-state index < -0.39 is 7.65 Å². The SMILES string of the molecule is O=[p+]1oc2cccc(Cl)c2c2ccccc21. The summed E-state index contributed by atoms with van der Waals surface area (Å²) in [5, 5.41) is 3.05. The van der Waals surface area contributed by atoms with Crippen molar-refractivity contribution in [2.24, 2.45) is 0 Å². The van der Waals surface area contributed by atoms with Crippen LogP contribution in [-0.4, -0.2) is 0 Å². The summed E-state index contributed by atoms with van der Waals surface area (Å²) in [4.78, 5) is 0. The number of hydrogen-bond acceptors (Lipinski definition) is 2. The second-order valence-corrected chi connectivity index (χ2v) is 5.06. The molecule has 0 aliphatic rings. The lowest BCUT2D eigenvalue weighted by atomic mass is 10.1. The van der Waals surface area contributed by atoms with Crippen molar-refractivity contribution in [3.05, 3.63) is 47.5 Å². The van der Waals surface area contributed by atoms with Crippen LogP contribution >= 0.6 is 19.3 Å². The molecular formula is C12H7ClO2P+. The standard InChI is InChI=1S/C12H7ClO2P/c13-9-5-3-6-10-12(9)8-4-1-2-7-11(8)16(14)15-10/h1-7H/q+1. The molecule has 0 saturated heterocycles. The van der Waals surface area contributed by atoms with E-state index in [0.29, 0.717) is 15.7 Å². The van der Waals surface area contributed by atoms with Gasteiger partial charge in [-0.2, -0.15) is 0 Å². The number of halogens is 1. The molecular weight excluding hydrogens is 243 g/mol. The molecule has 0 aliphatic carbocycles. The van der Waals surface area contributed by atoms with Crippen LogP contribution < -0.4 is 0 Å². The first-order chi connectivity index (χ1) is 7.77. The molecule has 0 radical (unpaired) electrons. The maximum atomic E-state index is 11.8. The molecule has 2 nitrogen and oxygen atoms in total. The Kier molecular flexibility index (Phi) is 2.20. The minimum atomic E-state index is -1.82. The van der Waals surface area contributed by atoms with Crippen molar-refractivity contribution >= 4 is 40.7 Å². The fourth-order valence-electron chi connectivity index (χ4n) is 1.82. The van der Waals surface area contributed by atoms with Gasteiger partial charge in [0.2, 0.25) is 5.12 Å². The molecule has 0 saturated carbocycles. The molecule has 4 heteroatoms. The maximum Gasteiger partial charge on any atom is 0.597 e. The highest BCUT2D eigenvalue weighted by Crippen LogP contribution is 2.37. The molecule has 1 atom stereocenters. The molecule has 78 valence electrons. The van der Waals surface area contributed by atoms with E-state index >= 15 is 0 Å². The maximum absolute atomic E-state index is 11.8. The summed E-state index contributed by atoms with van der Waals surface area (Å²) in [5.41, 5.74) is 0.590. The molecule has 1 heterocycles. The molecule has 0 N–H and O–H groups in total. The van der Waals surface area contributed by atoms with Crippen molar-refractivity contribution in [2.75, 3.05) is 0 Å². The van der Waals surface area contributed by atoms with Crippen molar-refractivity contribution < 1.29 is 8.76 Å². The minimum Gasteiger partial charge on any atom is -0.250 e. The average molecular weight is 250 g/mol. The van der Waals surface area contributed by atoms with E-state index in [1.807, 2.05) is 18.2 Å². The van der Waals surface area contributed by atoms with Crippen LogP contribution in [0.5, 0.6) is 0 Å². The molecule has 0 spiro atoms. The highest BCUT2D eigenvalue weighted by Gasteiger charge is 2.17. The molecule has 16 heavy (non-hydrogen) atoms. The molecule has 3 aromatic rings. The van der Waals surface area contributed by atoms with Gasteiger partial charge >= 0.3 is 7.65 Å². The van der Waals surface area contributed by atoms with Gasteiger partial charge in [0, 0.05) is 5.39 Å². The Morgan fingerprint density at radius 3 is 2.75 bits per heavy atom. The number of rotatable bonds is 0. The van der Waals surface area contributed by atoms with E-state index in [0.717, 1.165) is 10.8 Å². The van der Waals surface area contributed by atoms with Crippen LogP contribution in [0.1, 0.15) is 0 Å². The van der Waals surface area contributed by atoms with Gasteiger partial charge in [0.25, 0.3) is 0 Å². The topological polar surface area (TPSA) is 30.2 Å². The van der Waals surface area contributed by atoms with Gasteiger partial charge in [-0.3, -0.25) is 0 Å². The quantitative estimate of drug-likeness (QED) is 0.526. The summed E-state index contributed by atoms with van der Waals surface area (Å²) < 4.78 is 17.2. The molecule has 1 aromatic heterocycles. The molecule has 1 unspecified atom stereocenters. The number of fused-ring (bicyclic) bond motifs is 3. The third-order valence-electron chi connectivity index (χ3n) is 2.53. The van der Waals surface area contributed by atoms with E-state index in [1.54, 1.807) is 24.3 Å². The zero-order chi connectivity index (χ0) is 11.1. The summed E-state index contributed by atoms with van der Waals surface area (Å²) in [6, 6.07) is 12.8. The van der Waals surface area contributed by atoms with E-state index in [4.69, 9.17) is 15.8 Å². The molecule has 0 amide bonds. The zero-order valence-corrected chi connectivity index (χ0v) is 9.83. The Balaban J connectivity index is 2.72. The van der Waals surface area contributed by atoms with E-state index in [9.17, 15) is 4.57 Å². The molecule has 0 bridgehead atoms. The van der Waals surface area contributed by atoms with Gasteiger partial charge in [0.1, 0.15) is 0 Å². The second-order valence-electron chi connectivity index (χ2n) is 3.48. The second kappa shape index (κ2) is 3.58. The Labute approximate surface area is 97.3 Å². The lowest BCUT2D eigenvalue weighted by molar-refractivity contribution is 0.563. The highest BCUT2D eigenvalue weighted by atomic mass is 35.5. The monoisotopic (exact) mass is 249 g/mol. The van der Waals surface area contributed by atoms with Gasteiger partial charge in [-0.1, -0.05) is 29.8 Å². The number of benzene rings is 2. The smallest absolute Gasteiger partial charge is 0.250 e. The van der Waals surface area contributed by atoms with Gasteiger partial charge in [0.05, 0.1) is 10.4 Å². The Bertz CT molecular complexity index is 749. The summed E-state index contributed by atoms with van der Waals surface area (Å²) in [5.74, 6) is 0. The lowest BCUT2D eigenvalue weighted by Crippen LogP contribution is -1.76. The van der Waals surface area contributed by atoms with Crippen molar-refractivity contribution in [2.45, 2.75) is 0 Å². The summed E-state index contributed by atoms with van der Waals surface area (Å²) in [7, 11) is -1.82. The molecule has 0 fully saturated rings. The van der Waals surface area contributed by atoms with Crippen LogP contribution in [0.3, 0.4) is 0 Å². The minimum absolute atomic E-state index is 0.590. The predicted molar refractivity (Wildman–Crippen MR) is 66.3 cm³/mol. The molecule has 2 aromatic carbocycles. The highest BCUT2D eigenvalue weighted by molar-refractivity contribution is 7.37. The van der Waals surface area contributed by atoms with Crippen molar-refractivity contribution in [3.8, 4) is 0 Å². The lowest BCUT2D eigenvalue weighted by Gasteiger charge is -1.97. The van der Waals surface area contributed by atoms with Crippen molar-refractivity contribution in [1.29, 1.82) is 0 Å². The average Bonchev–Trinajstić information content (AvgIpc) is 2.29. The van der Waals surface area contributed by atoms with Gasteiger partial charge in [0.15, 0.2) is 5.58 Å². The van der Waals surface area contributed by atoms with Crippen LogP contribution in [0.25, 0.3) is 21.5 Å². The zero-order valence-electron chi connectivity index (χ0n) is 8.18. The van der Waals surface area contributed by atoms with Crippen LogP contribution in [0.4, 0.5) is 0 Å². The van der Waals surface area contributed by atoms with E-state index in [1.165, 1.54) is 0 Å². The Morgan fingerprint density at radius 2 is 1.88 bits per heavy atom. The molecule has 3 rings (SSSR count). The third-order valence-corrected chi connectivity index (χ3v) is 3.99. The van der Waals surface area contributed by atoms with Gasteiger partial charge in [-0.15, -0.1) is 0 Å². The third kappa shape index (κ3) is 1.35. The van der Waals surface area contributed by atoms with Gasteiger partial charge < -0.3 is 0 Å². The summed E-state index contributed by atoms with van der Waals surface area (Å²) in [6.45, 7) is 0. The summed E-state index contributed by atoms with van der Waals surface area (Å²) in [6.07, 6.45) is 0. The Morgan fingerprint density at radius 1 is 1.06 bits per heavy atom. The predicted octanol–water partition coefficient (Wildman–Crippen LogP) is 4.98. The normalized spacial score (nSPS) is 12.2. The van der Waals surface area contributed by atoms with Gasteiger partial charge in [-0.05, 0) is 28.8 Å². The fraction of sp³-hybridized carbons (Fsp3) is 0. The first-order valence-corrected chi connectivity index (χ1v) is 6.36. The fourth-order valence-corrected chi connectivity index (χ4v) is 3.11. The van der Waals surface area contributed by atoms with Crippen molar-refractivity contribution in [3.63, 3.8) is 0 Å². The summed E-state index contributed by atoms with van der Waals surface area (Å²) >= 11 is 6.14. The largest absolute Gasteiger partial charge is 0.597 e. The van der Waals surface area contributed by atoms with Crippen molar-refractivity contribution in [1.82, 2.24) is 0 Å². The van der Waals surface area contributed by atoms with E-state index in [-0.39, 0.29) is 0 Å². The van der Waals surface area contributed by atoms with Crippen LogP contribution in [0.2, 0.25) is 5.02 Å². The van der Waals surface area contributed by atoms with Crippen LogP contribution in [-0.2, 0) is 4.57 Å². The van der Waals surface area contributed by atoms with Crippen LogP contribution in [0.15, 0.2) is 46.7 Å². The van der Waals surface area contributed by atoms with Gasteiger partial charge in [-0.25, -0.2) is 4.20 Å². The van der Waals surface area contributed by atoms with Crippen LogP contribution in [0, 0.1) is 0 Å². The Hall–Kier alpha value is -1.37.